The van der Waals surface area contributed by atoms with E-state index < -0.39 is 5.91 Å². The number of nitrogens with two attached hydrogens (primary N) is 1. The average Bonchev–Trinajstić information content (AvgIpc) is 2.61. The van der Waals surface area contributed by atoms with Gasteiger partial charge in [0.05, 0.1) is 6.54 Å². The molecule has 2 rings (SSSR count). The van der Waals surface area contributed by atoms with Crippen LogP contribution in [0, 0.1) is 6.92 Å². The highest BCUT2D eigenvalue weighted by Gasteiger charge is 2.22. The zero-order valence-corrected chi connectivity index (χ0v) is 10.2. The number of nitrogen functional groups attached to an aromatic ring is 1. The van der Waals surface area contributed by atoms with E-state index in [1.54, 1.807) is 30.1 Å². The lowest BCUT2D eigenvalue weighted by molar-refractivity contribution is -0.118. The highest BCUT2D eigenvalue weighted by Crippen LogP contribution is 2.14. The molecule has 0 atom stereocenters. The summed E-state index contributed by atoms with van der Waals surface area (Å²) in [5, 5.41) is 2.52. The van der Waals surface area contributed by atoms with Crippen LogP contribution in [0.25, 0.3) is 0 Å². The number of nitrogens with zero attached hydrogens (tertiary/aromatic N) is 2. The summed E-state index contributed by atoms with van der Waals surface area (Å²) < 4.78 is 0. The summed E-state index contributed by atoms with van der Waals surface area (Å²) >= 11 is 0. The summed E-state index contributed by atoms with van der Waals surface area (Å²) in [4.78, 5) is 28.5. The maximum atomic E-state index is 11.9. The van der Waals surface area contributed by atoms with Crippen LogP contribution < -0.4 is 11.1 Å². The van der Waals surface area contributed by atoms with Crippen molar-refractivity contribution in [3.8, 4) is 0 Å². The van der Waals surface area contributed by atoms with Crippen molar-refractivity contribution in [1.82, 2.24) is 10.2 Å². The first-order valence-corrected chi connectivity index (χ1v) is 5.47. The predicted octanol–water partition coefficient (Wildman–Crippen LogP) is 0.135. The molecule has 1 aliphatic rings. The SMILES string of the molecule is Cc1ccc(C(=O)N=C2NC(=O)CN2C)cc1N. The summed E-state index contributed by atoms with van der Waals surface area (Å²) in [6.45, 7) is 2.07. The van der Waals surface area contributed by atoms with Gasteiger partial charge >= 0.3 is 0 Å². The van der Waals surface area contributed by atoms with Crippen LogP contribution in [-0.4, -0.2) is 36.3 Å². The molecule has 6 nitrogen and oxygen atoms in total. The van der Waals surface area contributed by atoms with Crippen molar-refractivity contribution in [2.45, 2.75) is 6.92 Å². The fraction of sp³-hybridized carbons (Fsp3) is 0.250. The van der Waals surface area contributed by atoms with Gasteiger partial charge in [0.15, 0.2) is 0 Å². The number of aryl methyl sites for hydroxylation is 1. The van der Waals surface area contributed by atoms with Gasteiger partial charge in [0.25, 0.3) is 5.91 Å². The van der Waals surface area contributed by atoms with E-state index in [-0.39, 0.29) is 18.4 Å². The van der Waals surface area contributed by atoms with E-state index >= 15 is 0 Å². The molecule has 0 bridgehead atoms. The summed E-state index contributed by atoms with van der Waals surface area (Å²) in [6.07, 6.45) is 0. The molecule has 0 radical (unpaired) electrons. The summed E-state index contributed by atoms with van der Waals surface area (Å²) in [5.74, 6) is -0.331. The standard InChI is InChI=1S/C12H14N4O2/c1-7-3-4-8(5-9(7)13)11(18)15-12-14-10(17)6-16(12)2/h3-5H,6,13H2,1-2H3,(H,14,15,17,18). The minimum absolute atomic E-state index is 0.174. The lowest BCUT2D eigenvalue weighted by Crippen LogP contribution is -2.28. The van der Waals surface area contributed by atoms with Gasteiger partial charge in [-0.25, -0.2) is 0 Å². The Bertz CT molecular complexity index is 551. The zero-order chi connectivity index (χ0) is 13.3. The first kappa shape index (κ1) is 12.1. The number of anilines is 1. The lowest BCUT2D eigenvalue weighted by Gasteiger charge is -2.08. The Labute approximate surface area is 104 Å². The van der Waals surface area contributed by atoms with Gasteiger partial charge in [-0.3, -0.25) is 14.9 Å². The number of guanidine groups is 1. The van der Waals surface area contributed by atoms with Crippen molar-refractivity contribution in [2.75, 3.05) is 19.3 Å². The molecule has 1 heterocycles. The zero-order valence-electron chi connectivity index (χ0n) is 10.2. The Morgan fingerprint density at radius 1 is 1.50 bits per heavy atom. The van der Waals surface area contributed by atoms with E-state index in [1.165, 1.54) is 0 Å². The van der Waals surface area contributed by atoms with Crippen molar-refractivity contribution in [3.05, 3.63) is 29.3 Å². The highest BCUT2D eigenvalue weighted by molar-refractivity contribution is 6.10. The number of benzene rings is 1. The topological polar surface area (TPSA) is 87.8 Å². The van der Waals surface area contributed by atoms with Crippen LogP contribution in [0.5, 0.6) is 0 Å². The van der Waals surface area contributed by atoms with Crippen LogP contribution in [0.15, 0.2) is 23.2 Å². The summed E-state index contributed by atoms with van der Waals surface area (Å²) in [7, 11) is 1.69. The minimum Gasteiger partial charge on any atom is -0.398 e. The molecular weight excluding hydrogens is 232 g/mol. The average molecular weight is 246 g/mol. The van der Waals surface area contributed by atoms with Crippen molar-refractivity contribution in [2.24, 2.45) is 4.99 Å². The second-order valence-corrected chi connectivity index (χ2v) is 4.22. The number of nitrogens with one attached hydrogen (secondary N) is 1. The molecular formula is C12H14N4O2. The Morgan fingerprint density at radius 2 is 2.22 bits per heavy atom. The smallest absolute Gasteiger partial charge is 0.280 e. The van der Waals surface area contributed by atoms with Gasteiger partial charge in [0.1, 0.15) is 0 Å². The second-order valence-electron chi connectivity index (χ2n) is 4.22. The van der Waals surface area contributed by atoms with Gasteiger partial charge in [-0.1, -0.05) is 6.07 Å². The van der Waals surface area contributed by atoms with E-state index in [1.807, 2.05) is 6.92 Å². The van der Waals surface area contributed by atoms with Crippen molar-refractivity contribution in [1.29, 1.82) is 0 Å². The summed E-state index contributed by atoms with van der Waals surface area (Å²) in [6, 6.07) is 5.01. The van der Waals surface area contributed by atoms with Crippen molar-refractivity contribution >= 4 is 23.5 Å². The van der Waals surface area contributed by atoms with Gasteiger partial charge in [0.2, 0.25) is 11.9 Å². The molecule has 0 aromatic heterocycles. The molecule has 1 fully saturated rings. The van der Waals surface area contributed by atoms with E-state index in [9.17, 15) is 9.59 Å². The van der Waals surface area contributed by atoms with Crippen molar-refractivity contribution < 1.29 is 9.59 Å². The van der Waals surface area contributed by atoms with Crippen molar-refractivity contribution in [3.63, 3.8) is 0 Å². The highest BCUT2D eigenvalue weighted by atomic mass is 16.2. The van der Waals surface area contributed by atoms with Crippen LogP contribution in [0.2, 0.25) is 0 Å². The quantitative estimate of drug-likeness (QED) is 0.690. The molecule has 1 aromatic carbocycles. The van der Waals surface area contributed by atoms with Gasteiger partial charge in [-0.2, -0.15) is 4.99 Å². The number of amides is 2. The Hall–Kier alpha value is -2.37. The molecule has 1 aliphatic heterocycles. The predicted molar refractivity (Wildman–Crippen MR) is 68.1 cm³/mol. The number of hydrogen-bond donors (Lipinski definition) is 2. The van der Waals surface area contributed by atoms with Crippen LogP contribution in [0.1, 0.15) is 15.9 Å². The van der Waals surface area contributed by atoms with E-state index in [0.29, 0.717) is 11.3 Å². The molecule has 6 heteroatoms. The molecule has 2 amide bonds. The summed E-state index contributed by atoms with van der Waals surface area (Å²) in [5.41, 5.74) is 7.59. The molecule has 94 valence electrons. The molecule has 0 saturated carbocycles. The molecule has 18 heavy (non-hydrogen) atoms. The largest absolute Gasteiger partial charge is 0.398 e. The van der Waals surface area contributed by atoms with Crippen LogP contribution in [0.3, 0.4) is 0 Å². The third-order valence-electron chi connectivity index (χ3n) is 2.73. The van der Waals surface area contributed by atoms with E-state index in [4.69, 9.17) is 5.73 Å². The maximum absolute atomic E-state index is 11.9. The third kappa shape index (κ3) is 2.32. The maximum Gasteiger partial charge on any atom is 0.280 e. The van der Waals surface area contributed by atoms with Gasteiger partial charge in [0, 0.05) is 18.3 Å². The monoisotopic (exact) mass is 246 g/mol. The fourth-order valence-electron chi connectivity index (χ4n) is 1.60. The first-order chi connectivity index (χ1) is 8.47. The van der Waals surface area contributed by atoms with Crippen LogP contribution >= 0.6 is 0 Å². The Kier molecular flexibility index (Phi) is 3.01. The molecule has 1 aromatic rings. The molecule has 0 aliphatic carbocycles. The number of carbonyl (C=O) groups excluding carboxylic acids is 2. The molecule has 3 N–H and O–H groups in total. The number of rotatable bonds is 1. The Balaban J connectivity index is 2.24. The number of carbonyl (C=O) groups is 2. The van der Waals surface area contributed by atoms with Gasteiger partial charge < -0.3 is 10.6 Å². The minimum atomic E-state index is -0.425. The third-order valence-corrected chi connectivity index (χ3v) is 2.73. The van der Waals surface area contributed by atoms with Gasteiger partial charge in [-0.15, -0.1) is 0 Å². The Morgan fingerprint density at radius 3 is 2.78 bits per heavy atom. The number of likely N-dealkylation sites (N-methyl/N-ethyl adjacent to an activating group) is 1. The van der Waals surface area contributed by atoms with E-state index in [0.717, 1.165) is 5.56 Å². The molecule has 1 saturated heterocycles. The normalized spacial score (nSPS) is 17.1. The molecule has 0 spiro atoms. The first-order valence-electron chi connectivity index (χ1n) is 5.47. The van der Waals surface area contributed by atoms with Crippen LogP contribution in [-0.2, 0) is 4.79 Å². The second kappa shape index (κ2) is 4.48. The number of hydrogen-bond acceptors (Lipinski definition) is 3. The lowest BCUT2D eigenvalue weighted by atomic mass is 10.1. The number of aliphatic imine (C=N–C) groups is 1. The molecule has 0 unspecified atom stereocenters. The van der Waals surface area contributed by atoms with Crippen LogP contribution in [0.4, 0.5) is 5.69 Å². The fourth-order valence-corrected chi connectivity index (χ4v) is 1.60. The van der Waals surface area contributed by atoms with E-state index in [2.05, 4.69) is 10.3 Å². The van der Waals surface area contributed by atoms with Gasteiger partial charge in [-0.05, 0) is 24.6 Å².